The highest BCUT2D eigenvalue weighted by atomic mass is 16.7. The summed E-state index contributed by atoms with van der Waals surface area (Å²) in [4.78, 5) is 11.6. The van der Waals surface area contributed by atoms with E-state index >= 15 is 0 Å². The first-order valence-electron chi connectivity index (χ1n) is 6.71. The predicted molar refractivity (Wildman–Crippen MR) is 73.5 cm³/mol. The number of hydrogen-bond acceptors (Lipinski definition) is 4. The maximum Gasteiger partial charge on any atom is 0.333 e. The SMILES string of the molecule is CCOC(=O)/C(C)=C\[C@H](C)[C@H]1OC(OC)C=C[C@@H]1C. The lowest BCUT2D eigenvalue weighted by atomic mass is 9.90. The first-order chi connectivity index (χ1) is 8.99. The van der Waals surface area contributed by atoms with Gasteiger partial charge < -0.3 is 14.2 Å². The summed E-state index contributed by atoms with van der Waals surface area (Å²) in [6.45, 7) is 8.09. The van der Waals surface area contributed by atoms with Crippen LogP contribution in [0.4, 0.5) is 0 Å². The molecule has 1 aliphatic rings. The van der Waals surface area contributed by atoms with Crippen LogP contribution in [0.1, 0.15) is 27.7 Å². The number of hydrogen-bond donors (Lipinski definition) is 0. The minimum Gasteiger partial charge on any atom is -0.463 e. The maximum atomic E-state index is 11.6. The molecule has 1 rings (SSSR count). The van der Waals surface area contributed by atoms with E-state index < -0.39 is 0 Å². The Morgan fingerprint density at radius 2 is 2.16 bits per heavy atom. The molecule has 0 spiro atoms. The molecule has 0 aliphatic carbocycles. The van der Waals surface area contributed by atoms with Crippen LogP contribution in [0.5, 0.6) is 0 Å². The van der Waals surface area contributed by atoms with Crippen LogP contribution in [0.3, 0.4) is 0 Å². The van der Waals surface area contributed by atoms with Gasteiger partial charge in [0.15, 0.2) is 6.29 Å². The summed E-state index contributed by atoms with van der Waals surface area (Å²) in [5.41, 5.74) is 0.619. The zero-order valence-corrected chi connectivity index (χ0v) is 12.4. The lowest BCUT2D eigenvalue weighted by Crippen LogP contribution is -2.35. The van der Waals surface area contributed by atoms with Crippen LogP contribution >= 0.6 is 0 Å². The molecule has 0 amide bonds. The minimum absolute atomic E-state index is 0.000624. The Labute approximate surface area is 115 Å². The normalized spacial score (nSPS) is 29.1. The van der Waals surface area contributed by atoms with Gasteiger partial charge in [0.2, 0.25) is 0 Å². The van der Waals surface area contributed by atoms with Gasteiger partial charge >= 0.3 is 5.97 Å². The van der Waals surface area contributed by atoms with Gasteiger partial charge in [0.05, 0.1) is 12.7 Å². The van der Waals surface area contributed by atoms with Crippen molar-refractivity contribution in [3.05, 3.63) is 23.8 Å². The molecule has 1 aliphatic heterocycles. The number of methoxy groups -OCH3 is 1. The summed E-state index contributed by atoms with van der Waals surface area (Å²) in [6, 6.07) is 0. The fourth-order valence-corrected chi connectivity index (χ4v) is 2.24. The van der Waals surface area contributed by atoms with Crippen LogP contribution < -0.4 is 0 Å². The first-order valence-corrected chi connectivity index (χ1v) is 6.71. The smallest absolute Gasteiger partial charge is 0.333 e. The molecular formula is C15H24O4. The summed E-state index contributed by atoms with van der Waals surface area (Å²) < 4.78 is 16.0. The Bertz CT molecular complexity index is 359. The summed E-state index contributed by atoms with van der Waals surface area (Å²) >= 11 is 0. The lowest BCUT2D eigenvalue weighted by molar-refractivity contribution is -0.152. The number of carbonyl (C=O) groups is 1. The van der Waals surface area contributed by atoms with Crippen LogP contribution in [0, 0.1) is 11.8 Å². The number of ether oxygens (including phenoxy) is 3. The number of rotatable bonds is 5. The van der Waals surface area contributed by atoms with Gasteiger partial charge in [0.1, 0.15) is 0 Å². The van der Waals surface area contributed by atoms with Gasteiger partial charge in [-0.2, -0.15) is 0 Å². The van der Waals surface area contributed by atoms with E-state index in [1.165, 1.54) is 0 Å². The van der Waals surface area contributed by atoms with Crippen molar-refractivity contribution in [1.29, 1.82) is 0 Å². The zero-order valence-electron chi connectivity index (χ0n) is 12.4. The summed E-state index contributed by atoms with van der Waals surface area (Å²) in [6.07, 6.45) is 5.60. The van der Waals surface area contributed by atoms with E-state index in [1.807, 2.05) is 19.1 Å². The molecule has 4 nitrogen and oxygen atoms in total. The van der Waals surface area contributed by atoms with Gasteiger partial charge in [-0.25, -0.2) is 4.79 Å². The maximum absolute atomic E-state index is 11.6. The van der Waals surface area contributed by atoms with Crippen LogP contribution in [-0.2, 0) is 19.0 Å². The molecule has 0 aromatic rings. The average Bonchev–Trinajstić information content (AvgIpc) is 2.39. The third kappa shape index (κ3) is 4.48. The van der Waals surface area contributed by atoms with E-state index in [9.17, 15) is 4.79 Å². The second-order valence-corrected chi connectivity index (χ2v) is 4.88. The average molecular weight is 268 g/mol. The molecule has 1 unspecified atom stereocenters. The van der Waals surface area contributed by atoms with Gasteiger partial charge in [0, 0.05) is 24.5 Å². The molecule has 0 bridgehead atoms. The van der Waals surface area contributed by atoms with E-state index in [1.54, 1.807) is 21.0 Å². The molecule has 0 saturated heterocycles. The van der Waals surface area contributed by atoms with Crippen molar-refractivity contribution < 1.29 is 19.0 Å². The van der Waals surface area contributed by atoms with Crippen molar-refractivity contribution in [1.82, 2.24) is 0 Å². The predicted octanol–water partition coefficient (Wildman–Crippen LogP) is 2.70. The van der Waals surface area contributed by atoms with Crippen molar-refractivity contribution in [3.63, 3.8) is 0 Å². The largest absolute Gasteiger partial charge is 0.463 e. The molecule has 0 aromatic carbocycles. The Morgan fingerprint density at radius 1 is 1.47 bits per heavy atom. The second kappa shape index (κ2) is 7.46. The van der Waals surface area contributed by atoms with E-state index in [2.05, 4.69) is 13.0 Å². The molecule has 108 valence electrons. The molecule has 4 heteroatoms. The Hall–Kier alpha value is -1.13. The van der Waals surface area contributed by atoms with Crippen molar-refractivity contribution in [2.75, 3.05) is 13.7 Å². The topological polar surface area (TPSA) is 44.8 Å². The van der Waals surface area contributed by atoms with Gasteiger partial charge in [-0.1, -0.05) is 26.0 Å². The second-order valence-electron chi connectivity index (χ2n) is 4.88. The fourth-order valence-electron chi connectivity index (χ4n) is 2.24. The Morgan fingerprint density at radius 3 is 2.74 bits per heavy atom. The first kappa shape index (κ1) is 15.9. The zero-order chi connectivity index (χ0) is 14.4. The summed E-state index contributed by atoms with van der Waals surface area (Å²) in [5.74, 6) is 0.131. The third-order valence-electron chi connectivity index (χ3n) is 3.24. The van der Waals surface area contributed by atoms with Crippen molar-refractivity contribution in [3.8, 4) is 0 Å². The van der Waals surface area contributed by atoms with Crippen LogP contribution in [-0.4, -0.2) is 32.1 Å². The van der Waals surface area contributed by atoms with E-state index in [0.29, 0.717) is 12.2 Å². The fraction of sp³-hybridized carbons (Fsp3) is 0.667. The molecule has 1 heterocycles. The number of carbonyl (C=O) groups excluding carboxylic acids is 1. The standard InChI is InChI=1S/C15H24O4/c1-6-18-15(16)12(4)9-11(3)14-10(2)7-8-13(17-5)19-14/h7-11,13-14H,6H2,1-5H3/b12-9-/t10-,11-,13?,14-/m0/s1. The van der Waals surface area contributed by atoms with Gasteiger partial charge in [0.25, 0.3) is 0 Å². The summed E-state index contributed by atoms with van der Waals surface area (Å²) in [5, 5.41) is 0. The van der Waals surface area contributed by atoms with Crippen LogP contribution in [0.2, 0.25) is 0 Å². The van der Waals surface area contributed by atoms with Gasteiger partial charge in [-0.05, 0) is 19.9 Å². The van der Waals surface area contributed by atoms with Crippen molar-refractivity contribution in [2.24, 2.45) is 11.8 Å². The molecule has 4 atom stereocenters. The molecule has 0 aromatic heterocycles. The molecule has 0 saturated carbocycles. The minimum atomic E-state index is -0.306. The highest BCUT2D eigenvalue weighted by Crippen LogP contribution is 2.26. The van der Waals surface area contributed by atoms with E-state index in [0.717, 1.165) is 0 Å². The Kier molecular flexibility index (Phi) is 6.25. The third-order valence-corrected chi connectivity index (χ3v) is 3.24. The molecular weight excluding hydrogens is 244 g/mol. The molecule has 0 N–H and O–H groups in total. The number of esters is 1. The summed E-state index contributed by atoms with van der Waals surface area (Å²) in [7, 11) is 1.62. The highest BCUT2D eigenvalue weighted by molar-refractivity contribution is 5.87. The van der Waals surface area contributed by atoms with E-state index in [4.69, 9.17) is 14.2 Å². The van der Waals surface area contributed by atoms with Gasteiger partial charge in [-0.3, -0.25) is 0 Å². The quantitative estimate of drug-likeness (QED) is 0.437. The van der Waals surface area contributed by atoms with Crippen LogP contribution in [0.15, 0.2) is 23.8 Å². The van der Waals surface area contributed by atoms with Crippen molar-refractivity contribution in [2.45, 2.75) is 40.1 Å². The monoisotopic (exact) mass is 268 g/mol. The molecule has 0 fully saturated rings. The lowest BCUT2D eigenvalue weighted by Gasteiger charge is -2.33. The van der Waals surface area contributed by atoms with Crippen molar-refractivity contribution >= 4 is 5.97 Å². The highest BCUT2D eigenvalue weighted by Gasteiger charge is 2.28. The molecule has 0 radical (unpaired) electrons. The van der Waals surface area contributed by atoms with E-state index in [-0.39, 0.29) is 30.2 Å². The van der Waals surface area contributed by atoms with Crippen LogP contribution in [0.25, 0.3) is 0 Å². The Balaban J connectivity index is 2.71. The van der Waals surface area contributed by atoms with Gasteiger partial charge in [-0.15, -0.1) is 0 Å². The molecule has 19 heavy (non-hydrogen) atoms.